The lowest BCUT2D eigenvalue weighted by atomic mass is 9.83. The molecule has 2 amide bonds. The van der Waals surface area contributed by atoms with Crippen molar-refractivity contribution in [2.24, 2.45) is 5.92 Å². The van der Waals surface area contributed by atoms with Crippen LogP contribution < -0.4 is 20.7 Å². The van der Waals surface area contributed by atoms with Crippen LogP contribution in [0.15, 0.2) is 83.0 Å². The van der Waals surface area contributed by atoms with E-state index in [0.717, 1.165) is 36.6 Å². The Kier molecular flexibility index (Phi) is 7.44. The highest BCUT2D eigenvalue weighted by Crippen LogP contribution is 2.39. The van der Waals surface area contributed by atoms with Crippen molar-refractivity contribution in [2.75, 3.05) is 54.4 Å². The number of fused-ring (bicyclic) bond motifs is 4. The van der Waals surface area contributed by atoms with Crippen LogP contribution in [0.1, 0.15) is 38.1 Å². The number of carbonyl (C=O) groups excluding carboxylic acids is 2. The maximum atomic E-state index is 13.7. The summed E-state index contributed by atoms with van der Waals surface area (Å²) in [7, 11) is 0. The van der Waals surface area contributed by atoms with Crippen molar-refractivity contribution in [3.63, 3.8) is 0 Å². The number of nitrogens with zero attached hydrogens (tertiary/aromatic N) is 4. The maximum Gasteiger partial charge on any atom is 0.265 e. The number of anilines is 3. The molecule has 0 unspecified atom stereocenters. The number of aromatic nitrogens is 1. The van der Waals surface area contributed by atoms with Crippen molar-refractivity contribution in [1.29, 1.82) is 0 Å². The fourth-order valence-corrected chi connectivity index (χ4v) is 7.65. The summed E-state index contributed by atoms with van der Waals surface area (Å²) in [6.07, 6.45) is 1.04. The number of halogens is 1. The number of nitrogens with one attached hydrogen (secondary N) is 1. The quantitative estimate of drug-likeness (QED) is 0.326. The third-order valence-corrected chi connectivity index (χ3v) is 10.0. The molecule has 5 heterocycles. The van der Waals surface area contributed by atoms with Gasteiger partial charge in [0.2, 0.25) is 0 Å². The third kappa shape index (κ3) is 5.43. The first-order valence-electron chi connectivity index (χ1n) is 14.7. The minimum absolute atomic E-state index is 0.0548. The highest BCUT2D eigenvalue weighted by molar-refractivity contribution is 7.12. The molecule has 2 aromatic heterocycles. The first kappa shape index (κ1) is 27.7. The van der Waals surface area contributed by atoms with E-state index < -0.39 is 0 Å². The van der Waals surface area contributed by atoms with Crippen molar-refractivity contribution in [3.8, 4) is 0 Å². The SMILES string of the molecule is O=C(Nc1cc(C(=O)N2CCN(c3ccccc3Cl)CC2)ccc1N1C[C@H]2C[C@@H](C1)c1cccc(=O)n1C2)c1cccs1. The van der Waals surface area contributed by atoms with Gasteiger partial charge in [0.1, 0.15) is 0 Å². The Balaban J connectivity index is 1.14. The Morgan fingerprint density at radius 2 is 1.67 bits per heavy atom. The molecule has 3 aliphatic rings. The predicted molar refractivity (Wildman–Crippen MR) is 172 cm³/mol. The standard InChI is InChI=1S/C33H32ClN5O3S/c34-25-5-1-2-6-28(25)36-12-14-37(15-13-36)33(42)23-10-11-29(26(18-23)35-32(41)30-8-4-16-43-30)38-19-22-17-24(21-38)27-7-3-9-31(40)39(27)20-22/h1-11,16,18,22,24H,12-15,17,19-21H2,(H,35,41)/t22-,24+/m1/s1. The summed E-state index contributed by atoms with van der Waals surface area (Å²) in [6, 6.07) is 22.6. The Bertz CT molecular complexity index is 1730. The second kappa shape index (κ2) is 11.5. The second-order valence-corrected chi connectivity index (χ2v) is 12.9. The van der Waals surface area contributed by atoms with E-state index in [1.165, 1.54) is 11.3 Å². The molecular formula is C33H32ClN5O3S. The number of thiophene rings is 1. The van der Waals surface area contributed by atoms with Gasteiger partial charge in [-0.1, -0.05) is 35.9 Å². The van der Waals surface area contributed by atoms with Gasteiger partial charge in [-0.15, -0.1) is 11.3 Å². The minimum atomic E-state index is -0.191. The molecule has 43 heavy (non-hydrogen) atoms. The van der Waals surface area contributed by atoms with Crippen LogP contribution in [0.3, 0.4) is 0 Å². The smallest absolute Gasteiger partial charge is 0.265 e. The van der Waals surface area contributed by atoms with Gasteiger partial charge >= 0.3 is 0 Å². The molecule has 4 aromatic rings. The van der Waals surface area contributed by atoms with E-state index in [4.69, 9.17) is 11.6 Å². The molecule has 0 aliphatic carbocycles. The number of amides is 2. The number of carbonyl (C=O) groups is 2. The van der Waals surface area contributed by atoms with Gasteiger partial charge in [-0.2, -0.15) is 0 Å². The summed E-state index contributed by atoms with van der Waals surface area (Å²) >= 11 is 7.80. The molecule has 220 valence electrons. The molecule has 1 N–H and O–H groups in total. The van der Waals surface area contributed by atoms with E-state index in [1.54, 1.807) is 12.1 Å². The number of para-hydroxylation sites is 1. The van der Waals surface area contributed by atoms with E-state index >= 15 is 0 Å². The lowest BCUT2D eigenvalue weighted by Gasteiger charge is -2.44. The predicted octanol–water partition coefficient (Wildman–Crippen LogP) is 5.40. The van der Waals surface area contributed by atoms with Crippen LogP contribution in [0, 0.1) is 5.92 Å². The second-order valence-electron chi connectivity index (χ2n) is 11.5. The maximum absolute atomic E-state index is 13.7. The van der Waals surface area contributed by atoms with Gasteiger partial charge < -0.3 is 24.6 Å². The van der Waals surface area contributed by atoms with E-state index in [0.29, 0.717) is 59.8 Å². The van der Waals surface area contributed by atoms with Gasteiger partial charge in [-0.05, 0) is 60.2 Å². The monoisotopic (exact) mass is 613 g/mol. The summed E-state index contributed by atoms with van der Waals surface area (Å²) < 4.78 is 1.92. The van der Waals surface area contributed by atoms with E-state index in [9.17, 15) is 14.4 Å². The van der Waals surface area contributed by atoms with Crippen molar-refractivity contribution in [3.05, 3.63) is 110 Å². The fraction of sp³-hybridized carbons (Fsp3) is 0.303. The number of pyridine rings is 1. The van der Waals surface area contributed by atoms with Gasteiger partial charge in [-0.25, -0.2) is 0 Å². The van der Waals surface area contributed by atoms with Gasteiger partial charge in [0.25, 0.3) is 17.4 Å². The number of hydrogen-bond donors (Lipinski definition) is 1. The average molecular weight is 614 g/mol. The van der Waals surface area contributed by atoms with Crippen molar-refractivity contribution >= 4 is 51.8 Å². The first-order chi connectivity index (χ1) is 20.9. The molecule has 7 rings (SSSR count). The average Bonchev–Trinajstić information content (AvgIpc) is 3.57. The lowest BCUT2D eigenvalue weighted by molar-refractivity contribution is 0.0746. The van der Waals surface area contributed by atoms with Crippen LogP contribution in [0.2, 0.25) is 5.02 Å². The van der Waals surface area contributed by atoms with Crippen molar-refractivity contribution in [2.45, 2.75) is 18.9 Å². The molecule has 0 saturated carbocycles. The zero-order valence-corrected chi connectivity index (χ0v) is 25.2. The van der Waals surface area contributed by atoms with Crippen molar-refractivity contribution in [1.82, 2.24) is 9.47 Å². The molecule has 2 atom stereocenters. The van der Waals surface area contributed by atoms with Crippen LogP contribution in [0.5, 0.6) is 0 Å². The number of hydrogen-bond acceptors (Lipinski definition) is 6. The summed E-state index contributed by atoms with van der Waals surface area (Å²) in [6.45, 7) is 4.74. The molecule has 8 nitrogen and oxygen atoms in total. The Morgan fingerprint density at radius 1 is 0.837 bits per heavy atom. The normalized spacial score (nSPS) is 19.6. The summed E-state index contributed by atoms with van der Waals surface area (Å²) in [5.74, 6) is 0.296. The molecule has 10 heteroatoms. The van der Waals surface area contributed by atoms with Gasteiger partial charge in [0, 0.05) is 69.1 Å². The topological polar surface area (TPSA) is 77.9 Å². The molecule has 3 aliphatic heterocycles. The van der Waals surface area contributed by atoms with Gasteiger partial charge in [0.05, 0.1) is 27.0 Å². The van der Waals surface area contributed by atoms with Crippen LogP contribution in [-0.4, -0.2) is 60.5 Å². The molecule has 2 bridgehead atoms. The Morgan fingerprint density at radius 3 is 2.47 bits per heavy atom. The van der Waals surface area contributed by atoms with Crippen LogP contribution in [0.25, 0.3) is 0 Å². The number of piperidine rings is 1. The molecule has 2 fully saturated rings. The highest BCUT2D eigenvalue weighted by atomic mass is 35.5. The molecule has 2 aromatic carbocycles. The largest absolute Gasteiger partial charge is 0.369 e. The zero-order valence-electron chi connectivity index (χ0n) is 23.6. The van der Waals surface area contributed by atoms with Crippen LogP contribution >= 0.6 is 22.9 Å². The zero-order chi connectivity index (χ0) is 29.5. The van der Waals surface area contributed by atoms with E-state index in [1.807, 2.05) is 69.4 Å². The fourth-order valence-electron chi connectivity index (χ4n) is 6.77. The minimum Gasteiger partial charge on any atom is -0.369 e. The molecule has 0 radical (unpaired) electrons. The van der Waals surface area contributed by atoms with Gasteiger partial charge in [0.15, 0.2) is 0 Å². The number of benzene rings is 2. The summed E-state index contributed by atoms with van der Waals surface area (Å²) in [5.41, 5.74) is 4.18. The van der Waals surface area contributed by atoms with E-state index in [2.05, 4.69) is 21.2 Å². The summed E-state index contributed by atoms with van der Waals surface area (Å²) in [5, 5.41) is 5.71. The van der Waals surface area contributed by atoms with Crippen LogP contribution in [0.4, 0.5) is 17.1 Å². The van der Waals surface area contributed by atoms with E-state index in [-0.39, 0.29) is 23.3 Å². The van der Waals surface area contributed by atoms with Gasteiger partial charge in [-0.3, -0.25) is 14.4 Å². The molecule has 2 saturated heterocycles. The first-order valence-corrected chi connectivity index (χ1v) is 15.9. The Labute approximate surface area is 259 Å². The third-order valence-electron chi connectivity index (χ3n) is 8.82. The van der Waals surface area contributed by atoms with Crippen LogP contribution in [-0.2, 0) is 6.54 Å². The Hall–Kier alpha value is -4.08. The molecule has 0 spiro atoms. The summed E-state index contributed by atoms with van der Waals surface area (Å²) in [4.78, 5) is 46.5. The lowest BCUT2D eigenvalue weighted by Crippen LogP contribution is -2.49. The highest BCUT2D eigenvalue weighted by Gasteiger charge is 2.35. The van der Waals surface area contributed by atoms with Crippen molar-refractivity contribution < 1.29 is 9.59 Å². The number of piperazine rings is 1. The molecular weight excluding hydrogens is 582 g/mol. The number of rotatable bonds is 5.